The second-order valence-electron chi connectivity index (χ2n) is 7.61. The number of carbonyl (C=O) groups is 3. The molecule has 1 heterocycles. The first-order valence-corrected chi connectivity index (χ1v) is 10.6. The van der Waals surface area contributed by atoms with Crippen LogP contribution in [0.2, 0.25) is 0 Å². The van der Waals surface area contributed by atoms with Gasteiger partial charge >= 0.3 is 17.9 Å². The van der Waals surface area contributed by atoms with E-state index in [2.05, 4.69) is 4.74 Å². The van der Waals surface area contributed by atoms with Crippen LogP contribution >= 0.6 is 0 Å². The molecule has 32 heavy (non-hydrogen) atoms. The molecule has 0 spiro atoms. The van der Waals surface area contributed by atoms with E-state index >= 15 is 0 Å². The lowest BCUT2D eigenvalue weighted by molar-refractivity contribution is -0.141. The van der Waals surface area contributed by atoms with Crippen LogP contribution in [-0.4, -0.2) is 45.8 Å². The first kappa shape index (κ1) is 25.2. The topological polar surface area (TPSA) is 97.4 Å². The minimum Gasteiger partial charge on any atom is -0.496 e. The van der Waals surface area contributed by atoms with Crippen molar-refractivity contribution in [3.05, 3.63) is 33.9 Å². The fourth-order valence-corrected chi connectivity index (χ4v) is 3.60. The van der Waals surface area contributed by atoms with Gasteiger partial charge in [0.25, 0.3) is 0 Å². The van der Waals surface area contributed by atoms with Crippen molar-refractivity contribution in [1.82, 2.24) is 0 Å². The third-order valence-electron chi connectivity index (χ3n) is 5.48. The zero-order valence-corrected chi connectivity index (χ0v) is 19.5. The Morgan fingerprint density at radius 1 is 1.00 bits per heavy atom. The van der Waals surface area contributed by atoms with Crippen LogP contribution in [0.1, 0.15) is 66.1 Å². The monoisotopic (exact) mass is 448 g/mol. The molecule has 0 saturated heterocycles. The summed E-state index contributed by atoms with van der Waals surface area (Å²) in [5.41, 5.74) is 3.83. The van der Waals surface area contributed by atoms with E-state index in [1.165, 1.54) is 14.2 Å². The van der Waals surface area contributed by atoms with Crippen molar-refractivity contribution in [2.24, 2.45) is 0 Å². The Bertz CT molecular complexity index is 885. The van der Waals surface area contributed by atoms with Gasteiger partial charge in [-0.25, -0.2) is 4.79 Å². The summed E-state index contributed by atoms with van der Waals surface area (Å²) < 4.78 is 26.4. The molecule has 176 valence electrons. The highest BCUT2D eigenvalue weighted by Gasteiger charge is 2.33. The van der Waals surface area contributed by atoms with Crippen molar-refractivity contribution >= 4 is 17.9 Å². The number of hydrogen-bond donors (Lipinski definition) is 0. The van der Waals surface area contributed by atoms with Gasteiger partial charge in [-0.3, -0.25) is 9.59 Å². The van der Waals surface area contributed by atoms with E-state index in [0.29, 0.717) is 62.2 Å². The number of hydrogen-bond acceptors (Lipinski definition) is 8. The fourth-order valence-electron chi connectivity index (χ4n) is 3.60. The summed E-state index contributed by atoms with van der Waals surface area (Å²) in [6.07, 6.45) is 4.89. The lowest BCUT2D eigenvalue weighted by Crippen LogP contribution is -2.10. The van der Waals surface area contributed by atoms with Crippen molar-refractivity contribution in [1.29, 1.82) is 0 Å². The zero-order valence-electron chi connectivity index (χ0n) is 19.5. The highest BCUT2D eigenvalue weighted by atomic mass is 16.5. The van der Waals surface area contributed by atoms with Crippen LogP contribution in [0.4, 0.5) is 0 Å². The summed E-state index contributed by atoms with van der Waals surface area (Å²) in [5, 5.41) is 0. The number of unbranched alkanes of at least 4 members (excludes halogenated alkanes) is 1. The van der Waals surface area contributed by atoms with Crippen molar-refractivity contribution < 1.29 is 38.1 Å². The Morgan fingerprint density at radius 2 is 1.69 bits per heavy atom. The molecule has 1 aromatic carbocycles. The molecule has 0 fully saturated rings. The van der Waals surface area contributed by atoms with Gasteiger partial charge in [0, 0.05) is 24.0 Å². The first-order valence-electron chi connectivity index (χ1n) is 10.6. The summed E-state index contributed by atoms with van der Waals surface area (Å²) in [5.74, 6) is 0.175. The van der Waals surface area contributed by atoms with Crippen LogP contribution in [0.3, 0.4) is 0 Å². The molecular weight excluding hydrogens is 416 g/mol. The molecule has 0 saturated carbocycles. The summed E-state index contributed by atoms with van der Waals surface area (Å²) in [6.45, 7) is 4.36. The summed E-state index contributed by atoms with van der Waals surface area (Å²) in [4.78, 5) is 35.2. The third-order valence-corrected chi connectivity index (χ3v) is 5.48. The smallest absolute Gasteiger partial charge is 0.342 e. The minimum absolute atomic E-state index is 0.184. The lowest BCUT2D eigenvalue weighted by Gasteiger charge is -2.19. The molecule has 0 unspecified atom stereocenters. The van der Waals surface area contributed by atoms with E-state index < -0.39 is 5.97 Å². The highest BCUT2D eigenvalue weighted by Crippen LogP contribution is 2.43. The van der Waals surface area contributed by atoms with Crippen LogP contribution in [0, 0.1) is 6.92 Å². The Balaban J connectivity index is 2.28. The molecule has 1 aliphatic heterocycles. The minimum atomic E-state index is -0.414. The molecule has 8 heteroatoms. The molecule has 0 amide bonds. The molecule has 0 bridgehead atoms. The maximum atomic E-state index is 12.5. The van der Waals surface area contributed by atoms with Gasteiger partial charge in [-0.1, -0.05) is 11.6 Å². The van der Waals surface area contributed by atoms with Gasteiger partial charge < -0.3 is 23.7 Å². The van der Waals surface area contributed by atoms with Crippen LogP contribution in [-0.2, 0) is 36.8 Å². The third kappa shape index (κ3) is 6.24. The van der Waals surface area contributed by atoms with E-state index in [1.807, 2.05) is 19.9 Å². The molecule has 0 atom stereocenters. The molecule has 2 rings (SSSR count). The van der Waals surface area contributed by atoms with Crippen LogP contribution < -0.4 is 9.47 Å². The number of allylic oxidation sites excluding steroid dienone is 2. The van der Waals surface area contributed by atoms with Gasteiger partial charge in [-0.2, -0.15) is 0 Å². The quantitative estimate of drug-likeness (QED) is 0.206. The standard InChI is InChI=1S/C24H32O8/c1-15(10-12-20(26)29-4)9-11-17-22(30-5)16(2)18-14-32-24(27)21(18)23(17)31-13-7-6-8-19(25)28-3/h9H,6-8,10-14H2,1-5H3/b15-9+. The van der Waals surface area contributed by atoms with E-state index in [9.17, 15) is 14.4 Å². The second-order valence-corrected chi connectivity index (χ2v) is 7.61. The van der Waals surface area contributed by atoms with Gasteiger partial charge in [0.2, 0.25) is 0 Å². The SMILES string of the molecule is COC(=O)CCCCOc1c(C/C=C(\C)CCC(=O)OC)c(OC)c(C)c2c1C(=O)OC2. The Morgan fingerprint density at radius 3 is 2.34 bits per heavy atom. The Labute approximate surface area is 188 Å². The average molecular weight is 449 g/mol. The number of ether oxygens (including phenoxy) is 5. The number of esters is 3. The van der Waals surface area contributed by atoms with Crippen molar-refractivity contribution in [3.63, 3.8) is 0 Å². The van der Waals surface area contributed by atoms with Crippen molar-refractivity contribution in [3.8, 4) is 11.5 Å². The molecule has 0 radical (unpaired) electrons. The highest BCUT2D eigenvalue weighted by molar-refractivity contribution is 5.98. The summed E-state index contributed by atoms with van der Waals surface area (Å²) >= 11 is 0. The first-order chi connectivity index (χ1) is 15.3. The number of benzene rings is 1. The molecule has 0 N–H and O–H groups in total. The molecule has 0 aliphatic carbocycles. The van der Waals surface area contributed by atoms with E-state index in [-0.39, 0.29) is 18.5 Å². The van der Waals surface area contributed by atoms with Crippen LogP contribution in [0.15, 0.2) is 11.6 Å². The molecule has 1 aromatic rings. The van der Waals surface area contributed by atoms with E-state index in [4.69, 9.17) is 18.9 Å². The molecular formula is C24H32O8. The van der Waals surface area contributed by atoms with E-state index in [1.54, 1.807) is 7.11 Å². The summed E-state index contributed by atoms with van der Waals surface area (Å²) in [7, 11) is 4.32. The number of fused-ring (bicyclic) bond motifs is 1. The zero-order chi connectivity index (χ0) is 23.7. The van der Waals surface area contributed by atoms with Crippen LogP contribution in [0.25, 0.3) is 0 Å². The van der Waals surface area contributed by atoms with Crippen molar-refractivity contribution in [2.45, 2.75) is 59.0 Å². The largest absolute Gasteiger partial charge is 0.496 e. The number of rotatable bonds is 12. The maximum Gasteiger partial charge on any atom is 0.342 e. The maximum absolute atomic E-state index is 12.5. The molecule has 8 nitrogen and oxygen atoms in total. The average Bonchev–Trinajstić information content (AvgIpc) is 3.18. The van der Waals surface area contributed by atoms with Crippen molar-refractivity contribution in [2.75, 3.05) is 27.9 Å². The number of carbonyl (C=O) groups excluding carboxylic acids is 3. The lowest BCUT2D eigenvalue weighted by atomic mass is 9.94. The normalized spacial score (nSPS) is 12.8. The van der Waals surface area contributed by atoms with Gasteiger partial charge in [0.1, 0.15) is 23.7 Å². The van der Waals surface area contributed by atoms with Gasteiger partial charge in [-0.15, -0.1) is 0 Å². The number of methoxy groups -OCH3 is 3. The number of cyclic esters (lactones) is 1. The predicted octanol–water partition coefficient (Wildman–Crippen LogP) is 3.84. The second kappa shape index (κ2) is 12.1. The van der Waals surface area contributed by atoms with Gasteiger partial charge in [0.05, 0.1) is 27.9 Å². The predicted molar refractivity (Wildman–Crippen MR) is 117 cm³/mol. The van der Waals surface area contributed by atoms with E-state index in [0.717, 1.165) is 22.3 Å². The molecule has 0 aromatic heterocycles. The Hall–Kier alpha value is -3.03. The Kier molecular flexibility index (Phi) is 9.56. The summed E-state index contributed by atoms with van der Waals surface area (Å²) in [6, 6.07) is 0. The van der Waals surface area contributed by atoms with Gasteiger partial charge in [0.15, 0.2) is 0 Å². The molecule has 1 aliphatic rings. The van der Waals surface area contributed by atoms with Crippen LogP contribution in [0.5, 0.6) is 11.5 Å². The fraction of sp³-hybridized carbons (Fsp3) is 0.542. The van der Waals surface area contributed by atoms with Gasteiger partial charge in [-0.05, 0) is 45.1 Å².